The van der Waals surface area contributed by atoms with Crippen LogP contribution in [0.5, 0.6) is 0 Å². The number of anilines is 1. The van der Waals surface area contributed by atoms with Crippen molar-refractivity contribution in [1.29, 1.82) is 0 Å². The lowest BCUT2D eigenvalue weighted by Gasteiger charge is -2.13. The number of benzene rings is 1. The van der Waals surface area contributed by atoms with E-state index in [-0.39, 0.29) is 6.04 Å². The van der Waals surface area contributed by atoms with Gasteiger partial charge in [-0.25, -0.2) is 9.97 Å². The van der Waals surface area contributed by atoms with Gasteiger partial charge in [0, 0.05) is 12.6 Å². The highest BCUT2D eigenvalue weighted by atomic mass is 15.0. The summed E-state index contributed by atoms with van der Waals surface area (Å²) in [6.07, 6.45) is 2.12. The summed E-state index contributed by atoms with van der Waals surface area (Å²) in [7, 11) is 0. The Balaban J connectivity index is 2.15. The molecule has 0 aliphatic rings. The third kappa shape index (κ3) is 2.96. The van der Waals surface area contributed by atoms with Crippen molar-refractivity contribution >= 4 is 16.9 Å². The van der Waals surface area contributed by atoms with E-state index in [0.717, 1.165) is 41.9 Å². The molecule has 3 N–H and O–H groups in total. The molecule has 0 fully saturated rings. The van der Waals surface area contributed by atoms with Crippen molar-refractivity contribution < 1.29 is 0 Å². The highest BCUT2D eigenvalue weighted by Gasteiger charge is 2.06. The van der Waals surface area contributed by atoms with Crippen LogP contribution in [0.4, 0.5) is 5.82 Å². The van der Waals surface area contributed by atoms with Gasteiger partial charge < -0.3 is 11.1 Å². The van der Waals surface area contributed by atoms with Crippen molar-refractivity contribution in [3.05, 3.63) is 30.0 Å². The third-order valence-electron chi connectivity index (χ3n) is 2.94. The first-order chi connectivity index (χ1) is 8.70. The fourth-order valence-electron chi connectivity index (χ4n) is 1.96. The smallest absolute Gasteiger partial charge is 0.148 e. The highest BCUT2D eigenvalue weighted by molar-refractivity contribution is 5.76. The van der Waals surface area contributed by atoms with Crippen molar-refractivity contribution in [2.45, 2.75) is 32.7 Å². The van der Waals surface area contributed by atoms with E-state index in [4.69, 9.17) is 5.73 Å². The van der Waals surface area contributed by atoms with Crippen molar-refractivity contribution in [3.63, 3.8) is 0 Å². The predicted octanol–water partition coefficient (Wildman–Crippen LogP) is 2.48. The van der Waals surface area contributed by atoms with Crippen LogP contribution < -0.4 is 11.1 Å². The first-order valence-electron chi connectivity index (χ1n) is 6.43. The number of rotatable bonds is 5. The van der Waals surface area contributed by atoms with E-state index in [2.05, 4.69) is 22.2 Å². The first kappa shape index (κ1) is 12.8. The zero-order valence-electron chi connectivity index (χ0n) is 11.0. The summed E-state index contributed by atoms with van der Waals surface area (Å²) in [5.41, 5.74) is 8.74. The molecular formula is C14H20N4. The Kier molecular flexibility index (Phi) is 4.10. The lowest BCUT2D eigenvalue weighted by Crippen LogP contribution is -2.29. The lowest BCUT2D eigenvalue weighted by molar-refractivity contribution is 0.626. The summed E-state index contributed by atoms with van der Waals surface area (Å²) < 4.78 is 0. The molecule has 1 aromatic carbocycles. The standard InChI is InChI=1S/C14H20N4/c1-3-6-11(15)9-16-14-10(2)17-12-7-4-5-8-13(12)18-14/h4-5,7-8,11H,3,6,9,15H2,1-2H3,(H,16,18). The molecule has 0 spiro atoms. The minimum atomic E-state index is 0.169. The molecule has 1 unspecified atom stereocenters. The van der Waals surface area contributed by atoms with Crippen LogP contribution >= 0.6 is 0 Å². The summed E-state index contributed by atoms with van der Waals surface area (Å²) in [5, 5.41) is 3.29. The number of nitrogens with two attached hydrogens (primary N) is 1. The maximum atomic E-state index is 5.98. The molecule has 1 heterocycles. The van der Waals surface area contributed by atoms with E-state index in [9.17, 15) is 0 Å². The number of aryl methyl sites for hydroxylation is 1. The van der Waals surface area contributed by atoms with E-state index in [1.54, 1.807) is 0 Å². The van der Waals surface area contributed by atoms with Gasteiger partial charge in [0.05, 0.1) is 16.7 Å². The number of para-hydroxylation sites is 2. The Morgan fingerprint density at radius 2 is 1.89 bits per heavy atom. The molecule has 2 rings (SSSR count). The molecule has 0 amide bonds. The number of hydrogen-bond acceptors (Lipinski definition) is 4. The molecule has 96 valence electrons. The van der Waals surface area contributed by atoms with Gasteiger partial charge in [-0.15, -0.1) is 0 Å². The molecule has 1 atom stereocenters. The largest absolute Gasteiger partial charge is 0.367 e. The van der Waals surface area contributed by atoms with Crippen LogP contribution in [0.25, 0.3) is 11.0 Å². The van der Waals surface area contributed by atoms with Gasteiger partial charge in [0.15, 0.2) is 0 Å². The van der Waals surface area contributed by atoms with Gasteiger partial charge in [0.25, 0.3) is 0 Å². The van der Waals surface area contributed by atoms with Crippen LogP contribution in [0, 0.1) is 6.92 Å². The molecule has 1 aromatic heterocycles. The Hall–Kier alpha value is -1.68. The van der Waals surface area contributed by atoms with Gasteiger partial charge in [-0.1, -0.05) is 25.5 Å². The fraction of sp³-hybridized carbons (Fsp3) is 0.429. The quantitative estimate of drug-likeness (QED) is 0.848. The van der Waals surface area contributed by atoms with Gasteiger partial charge in [-0.2, -0.15) is 0 Å². The second kappa shape index (κ2) is 5.78. The molecular weight excluding hydrogens is 224 g/mol. The van der Waals surface area contributed by atoms with Crippen LogP contribution in [0.1, 0.15) is 25.5 Å². The number of nitrogens with one attached hydrogen (secondary N) is 1. The number of nitrogens with zero attached hydrogens (tertiary/aromatic N) is 2. The molecule has 18 heavy (non-hydrogen) atoms. The van der Waals surface area contributed by atoms with Crippen molar-refractivity contribution in [2.75, 3.05) is 11.9 Å². The maximum absolute atomic E-state index is 5.98. The second-order valence-corrected chi connectivity index (χ2v) is 4.58. The summed E-state index contributed by atoms with van der Waals surface area (Å²) >= 11 is 0. The van der Waals surface area contributed by atoms with Crippen LogP contribution in [-0.4, -0.2) is 22.6 Å². The van der Waals surface area contributed by atoms with E-state index in [1.807, 2.05) is 31.2 Å². The van der Waals surface area contributed by atoms with Gasteiger partial charge in [-0.3, -0.25) is 0 Å². The Morgan fingerprint density at radius 1 is 1.22 bits per heavy atom. The Labute approximate surface area is 108 Å². The predicted molar refractivity (Wildman–Crippen MR) is 75.6 cm³/mol. The molecule has 0 aliphatic heterocycles. The fourth-order valence-corrected chi connectivity index (χ4v) is 1.96. The van der Waals surface area contributed by atoms with E-state index >= 15 is 0 Å². The van der Waals surface area contributed by atoms with Crippen LogP contribution in [-0.2, 0) is 0 Å². The average molecular weight is 244 g/mol. The van der Waals surface area contributed by atoms with E-state index in [0.29, 0.717) is 0 Å². The lowest BCUT2D eigenvalue weighted by atomic mass is 10.2. The Morgan fingerprint density at radius 3 is 2.56 bits per heavy atom. The molecule has 0 saturated heterocycles. The van der Waals surface area contributed by atoms with Gasteiger partial charge in [0.2, 0.25) is 0 Å². The van der Waals surface area contributed by atoms with Crippen LogP contribution in [0.3, 0.4) is 0 Å². The SMILES string of the molecule is CCCC(N)CNc1nc2ccccc2nc1C. The minimum absolute atomic E-state index is 0.169. The van der Waals surface area contributed by atoms with Crippen molar-refractivity contribution in [2.24, 2.45) is 5.73 Å². The number of aromatic nitrogens is 2. The van der Waals surface area contributed by atoms with Gasteiger partial charge in [-0.05, 0) is 25.5 Å². The minimum Gasteiger partial charge on any atom is -0.367 e. The summed E-state index contributed by atoms with van der Waals surface area (Å²) in [6, 6.07) is 8.06. The molecule has 0 bridgehead atoms. The first-order valence-corrected chi connectivity index (χ1v) is 6.43. The third-order valence-corrected chi connectivity index (χ3v) is 2.94. The number of hydrogen-bond donors (Lipinski definition) is 2. The number of fused-ring (bicyclic) bond motifs is 1. The highest BCUT2D eigenvalue weighted by Crippen LogP contribution is 2.15. The van der Waals surface area contributed by atoms with Crippen molar-refractivity contribution in [3.8, 4) is 0 Å². The molecule has 4 heteroatoms. The molecule has 2 aromatic rings. The monoisotopic (exact) mass is 244 g/mol. The zero-order valence-corrected chi connectivity index (χ0v) is 11.0. The average Bonchev–Trinajstić information content (AvgIpc) is 2.36. The molecule has 0 radical (unpaired) electrons. The maximum Gasteiger partial charge on any atom is 0.148 e. The van der Waals surface area contributed by atoms with Crippen LogP contribution in [0.15, 0.2) is 24.3 Å². The Bertz CT molecular complexity index is 524. The molecule has 0 saturated carbocycles. The van der Waals surface area contributed by atoms with E-state index < -0.39 is 0 Å². The van der Waals surface area contributed by atoms with Crippen molar-refractivity contribution in [1.82, 2.24) is 9.97 Å². The van der Waals surface area contributed by atoms with Gasteiger partial charge >= 0.3 is 0 Å². The topological polar surface area (TPSA) is 63.8 Å². The normalized spacial score (nSPS) is 12.6. The second-order valence-electron chi connectivity index (χ2n) is 4.58. The molecule has 4 nitrogen and oxygen atoms in total. The zero-order chi connectivity index (χ0) is 13.0. The van der Waals surface area contributed by atoms with E-state index in [1.165, 1.54) is 0 Å². The molecule has 0 aliphatic carbocycles. The summed E-state index contributed by atoms with van der Waals surface area (Å²) in [6.45, 7) is 4.84. The van der Waals surface area contributed by atoms with Gasteiger partial charge in [0.1, 0.15) is 5.82 Å². The van der Waals surface area contributed by atoms with Crippen LogP contribution in [0.2, 0.25) is 0 Å². The summed E-state index contributed by atoms with van der Waals surface area (Å²) in [4.78, 5) is 9.11. The summed E-state index contributed by atoms with van der Waals surface area (Å²) in [5.74, 6) is 0.834.